The van der Waals surface area contributed by atoms with Crippen LogP contribution in [0.1, 0.15) is 64.1 Å². The molecule has 3 rings (SSSR count). The fraction of sp³-hybridized carbons (Fsp3) is 0.556. The number of benzene rings is 1. The Morgan fingerprint density at radius 3 is 2.68 bits per heavy atom. The smallest absolute Gasteiger partial charge is 0.314 e. The first-order valence-corrected chi connectivity index (χ1v) is 13.5. The Morgan fingerprint density at radius 1 is 1.14 bits per heavy atom. The number of rotatable bonds is 13. The van der Waals surface area contributed by atoms with Crippen LogP contribution >= 0.6 is 11.7 Å². The minimum atomic E-state index is -0.357. The van der Waals surface area contributed by atoms with Crippen molar-refractivity contribution >= 4 is 29.2 Å². The van der Waals surface area contributed by atoms with Gasteiger partial charge in [-0.1, -0.05) is 64.3 Å². The third kappa shape index (κ3) is 9.64. The number of ether oxygens (including phenoxy) is 3. The van der Waals surface area contributed by atoms with Crippen molar-refractivity contribution in [2.24, 2.45) is 5.92 Å². The summed E-state index contributed by atoms with van der Waals surface area (Å²) < 4.78 is 26.5. The molecule has 2 aromatic rings. The van der Waals surface area contributed by atoms with E-state index in [1.54, 1.807) is 32.0 Å². The quantitative estimate of drug-likeness (QED) is 0.109. The first-order chi connectivity index (χ1) is 17.3. The SMILES string of the molecule is CCCCCCOc1nsnc1C1=CCC[N+](C)(COC(=O)Cc2ccccc2OC(=O)C(C)C)C1.[I-]. The van der Waals surface area contributed by atoms with Crippen LogP contribution in [0.3, 0.4) is 0 Å². The molecule has 0 aliphatic carbocycles. The number of unbranched alkanes of at least 4 members (excludes halogenated alkanes) is 3. The number of esters is 2. The fourth-order valence-corrected chi connectivity index (χ4v) is 4.50. The molecule has 2 heterocycles. The molecule has 0 saturated carbocycles. The Labute approximate surface area is 241 Å². The summed E-state index contributed by atoms with van der Waals surface area (Å²) in [4.78, 5) is 24.7. The lowest BCUT2D eigenvalue weighted by atomic mass is 10.1. The maximum Gasteiger partial charge on any atom is 0.314 e. The monoisotopic (exact) mass is 643 g/mol. The van der Waals surface area contributed by atoms with Crippen molar-refractivity contribution in [3.8, 4) is 11.6 Å². The third-order valence-electron chi connectivity index (χ3n) is 6.14. The molecule has 1 aromatic carbocycles. The number of aromatic nitrogens is 2. The van der Waals surface area contributed by atoms with Crippen LogP contribution in [0.15, 0.2) is 30.3 Å². The molecule has 0 amide bonds. The molecular weight excluding hydrogens is 605 g/mol. The minimum Gasteiger partial charge on any atom is -1.00 e. The Morgan fingerprint density at radius 2 is 1.92 bits per heavy atom. The highest BCUT2D eigenvalue weighted by Crippen LogP contribution is 2.30. The highest BCUT2D eigenvalue weighted by Gasteiger charge is 2.31. The van der Waals surface area contributed by atoms with Crippen molar-refractivity contribution in [2.45, 2.75) is 59.3 Å². The van der Waals surface area contributed by atoms with Gasteiger partial charge in [0.1, 0.15) is 18.0 Å². The molecule has 8 nitrogen and oxygen atoms in total. The summed E-state index contributed by atoms with van der Waals surface area (Å²) in [5, 5.41) is 0. The van der Waals surface area contributed by atoms with E-state index in [1.165, 1.54) is 12.8 Å². The topological polar surface area (TPSA) is 87.6 Å². The van der Waals surface area contributed by atoms with Gasteiger partial charge in [-0.05, 0) is 12.5 Å². The number of para-hydroxylation sites is 1. The van der Waals surface area contributed by atoms with Gasteiger partial charge in [-0.15, -0.1) is 4.37 Å². The van der Waals surface area contributed by atoms with E-state index in [0.717, 1.165) is 48.8 Å². The molecule has 1 aliphatic heterocycles. The number of nitrogens with zero attached hydrogens (tertiary/aromatic N) is 3. The van der Waals surface area contributed by atoms with Crippen molar-refractivity contribution in [3.63, 3.8) is 0 Å². The summed E-state index contributed by atoms with van der Waals surface area (Å²) in [6.45, 7) is 8.15. The zero-order valence-electron chi connectivity index (χ0n) is 22.2. The number of quaternary nitrogens is 1. The second kappa shape index (κ2) is 15.4. The second-order valence-electron chi connectivity index (χ2n) is 9.85. The largest absolute Gasteiger partial charge is 1.00 e. The minimum absolute atomic E-state index is 0. The first-order valence-electron chi connectivity index (χ1n) is 12.7. The van der Waals surface area contributed by atoms with Gasteiger partial charge in [0, 0.05) is 17.6 Å². The molecule has 1 aliphatic rings. The van der Waals surface area contributed by atoms with Crippen LogP contribution in [0.5, 0.6) is 11.6 Å². The van der Waals surface area contributed by atoms with Crippen molar-refractivity contribution in [2.75, 3.05) is 33.5 Å². The van der Waals surface area contributed by atoms with E-state index < -0.39 is 0 Å². The Balaban J connectivity index is 0.00000481. The van der Waals surface area contributed by atoms with Gasteiger partial charge in [-0.2, -0.15) is 4.37 Å². The highest BCUT2D eigenvalue weighted by atomic mass is 127. The van der Waals surface area contributed by atoms with Crippen LogP contribution in [0.25, 0.3) is 5.57 Å². The average molecular weight is 644 g/mol. The van der Waals surface area contributed by atoms with Crippen molar-refractivity contribution < 1.29 is 52.3 Å². The van der Waals surface area contributed by atoms with Crippen LogP contribution < -0.4 is 33.5 Å². The standard InChI is InChI=1S/C27H38N3O5S.HI/c1-5-6-7-10-16-33-26-25(28-36-29-26)22-13-11-15-30(4,18-22)19-34-24(31)17-21-12-8-9-14-23(21)35-27(32)20(2)3;/h8-9,12-14,20H,5-7,10-11,15-19H2,1-4H3;1H/q+1;/p-1. The van der Waals surface area contributed by atoms with Crippen LogP contribution in [0, 0.1) is 5.92 Å². The lowest BCUT2D eigenvalue weighted by Crippen LogP contribution is -3.00. The molecule has 1 aromatic heterocycles. The summed E-state index contributed by atoms with van der Waals surface area (Å²) >= 11 is 1.16. The molecule has 0 bridgehead atoms. The lowest BCUT2D eigenvalue weighted by molar-refractivity contribution is -0.919. The van der Waals surface area contributed by atoms with Gasteiger partial charge in [-0.3, -0.25) is 14.1 Å². The summed E-state index contributed by atoms with van der Waals surface area (Å²) in [6, 6.07) is 7.07. The summed E-state index contributed by atoms with van der Waals surface area (Å²) in [6.07, 6.45) is 7.63. The fourth-order valence-electron chi connectivity index (χ4n) is 3.97. The van der Waals surface area contributed by atoms with E-state index in [1.807, 2.05) is 6.07 Å². The van der Waals surface area contributed by atoms with Crippen LogP contribution in [-0.2, 0) is 20.7 Å². The van der Waals surface area contributed by atoms with E-state index in [4.69, 9.17) is 14.2 Å². The van der Waals surface area contributed by atoms with E-state index >= 15 is 0 Å². The van der Waals surface area contributed by atoms with Gasteiger partial charge in [0.15, 0.2) is 0 Å². The molecule has 0 fully saturated rings. The lowest BCUT2D eigenvalue weighted by Gasteiger charge is -2.36. The number of carbonyl (C=O) groups is 2. The van der Waals surface area contributed by atoms with Gasteiger partial charge >= 0.3 is 11.9 Å². The third-order valence-corrected chi connectivity index (χ3v) is 6.65. The predicted molar refractivity (Wildman–Crippen MR) is 140 cm³/mol. The van der Waals surface area contributed by atoms with Gasteiger partial charge in [-0.25, -0.2) is 0 Å². The predicted octanol–water partition coefficient (Wildman–Crippen LogP) is 2.04. The van der Waals surface area contributed by atoms with E-state index in [-0.39, 0.29) is 55.0 Å². The summed E-state index contributed by atoms with van der Waals surface area (Å²) in [5.41, 5.74) is 2.50. The van der Waals surface area contributed by atoms with E-state index in [2.05, 4.69) is 28.8 Å². The van der Waals surface area contributed by atoms with E-state index in [0.29, 0.717) is 34.8 Å². The van der Waals surface area contributed by atoms with Gasteiger partial charge in [0.05, 0.1) is 44.3 Å². The molecule has 37 heavy (non-hydrogen) atoms. The Kier molecular flexibility index (Phi) is 13.0. The zero-order valence-corrected chi connectivity index (χ0v) is 25.2. The molecule has 0 radical (unpaired) electrons. The second-order valence-corrected chi connectivity index (χ2v) is 10.4. The van der Waals surface area contributed by atoms with Gasteiger partial charge < -0.3 is 38.2 Å². The molecule has 204 valence electrons. The van der Waals surface area contributed by atoms with Gasteiger partial charge in [0.2, 0.25) is 6.73 Å². The van der Waals surface area contributed by atoms with Gasteiger partial charge in [0.25, 0.3) is 5.88 Å². The first kappa shape index (κ1) is 31.2. The molecular formula is C27H38IN3O5S. The number of hydrogen-bond acceptors (Lipinski definition) is 8. The molecule has 1 atom stereocenters. The number of likely N-dealkylation sites (N-methyl/N-ethyl adjacent to an activating group) is 1. The normalized spacial score (nSPS) is 17.1. The van der Waals surface area contributed by atoms with Crippen molar-refractivity contribution in [3.05, 3.63) is 41.6 Å². The molecule has 10 heteroatoms. The van der Waals surface area contributed by atoms with Crippen molar-refractivity contribution in [1.82, 2.24) is 8.75 Å². The Bertz CT molecular complexity index is 1060. The number of halogens is 1. The number of hydrogen-bond donors (Lipinski definition) is 0. The van der Waals surface area contributed by atoms with E-state index in [9.17, 15) is 9.59 Å². The molecule has 0 N–H and O–H groups in total. The Hall–Kier alpha value is -2.05. The van der Waals surface area contributed by atoms with Crippen molar-refractivity contribution in [1.29, 1.82) is 0 Å². The van der Waals surface area contributed by atoms with Crippen LogP contribution in [0.4, 0.5) is 0 Å². The average Bonchev–Trinajstić information content (AvgIpc) is 3.32. The maximum absolute atomic E-state index is 12.7. The van der Waals surface area contributed by atoms with Crippen LogP contribution in [-0.4, -0.2) is 58.6 Å². The molecule has 0 saturated heterocycles. The summed E-state index contributed by atoms with van der Waals surface area (Å²) in [5.74, 6) is 0.0544. The molecule has 0 spiro atoms. The highest BCUT2D eigenvalue weighted by molar-refractivity contribution is 6.99. The number of carbonyl (C=O) groups excluding carboxylic acids is 2. The maximum atomic E-state index is 12.7. The zero-order chi connectivity index (χ0) is 26.0. The summed E-state index contributed by atoms with van der Waals surface area (Å²) in [7, 11) is 2.07. The van der Waals surface area contributed by atoms with Crippen LogP contribution in [0.2, 0.25) is 0 Å². The molecule has 1 unspecified atom stereocenters.